The minimum Gasteiger partial charge on any atom is -0.481 e. The Balaban J connectivity index is 1.16. The summed E-state index contributed by atoms with van der Waals surface area (Å²) in [6, 6.07) is 36.4. The average Bonchev–Trinajstić information content (AvgIpc) is 3.08. The van der Waals surface area contributed by atoms with Crippen molar-refractivity contribution in [2.75, 3.05) is 38.0 Å². The topological polar surface area (TPSA) is 68.7 Å². The van der Waals surface area contributed by atoms with E-state index in [0.29, 0.717) is 25.8 Å². The molecule has 2 heterocycles. The Morgan fingerprint density at radius 2 is 1.49 bits per heavy atom. The Labute approximate surface area is 268 Å². The predicted molar refractivity (Wildman–Crippen MR) is 185 cm³/mol. The average molecular weight is 603 g/mol. The highest BCUT2D eigenvalue weighted by molar-refractivity contribution is 5.74. The highest BCUT2D eigenvalue weighted by Gasteiger charge is 2.34. The molecule has 0 atom stereocenters. The Kier molecular flexibility index (Phi) is 11.2. The molecule has 1 fully saturated rings. The summed E-state index contributed by atoms with van der Waals surface area (Å²) in [5.74, 6) is -0.706. The van der Waals surface area contributed by atoms with Crippen molar-refractivity contribution in [2.24, 2.45) is 5.41 Å². The van der Waals surface area contributed by atoms with Gasteiger partial charge in [-0.25, -0.2) is 0 Å². The van der Waals surface area contributed by atoms with Crippen LogP contribution in [0.25, 0.3) is 12.2 Å². The van der Waals surface area contributed by atoms with Crippen LogP contribution in [0.5, 0.6) is 0 Å². The van der Waals surface area contributed by atoms with Crippen LogP contribution in [-0.4, -0.2) is 58.6 Å². The molecule has 0 radical (unpaired) electrons. The lowest BCUT2D eigenvalue weighted by Crippen LogP contribution is -2.47. The SMILES string of the molecule is CCC(CC)(CCNc1cccc(C=Cc2cccc(CN3CCN(C(c4ccccc4)c4ccccc4)CC3)n2)c1)C(=O)O. The summed E-state index contributed by atoms with van der Waals surface area (Å²) in [4.78, 5) is 21.9. The third-order valence-electron chi connectivity index (χ3n) is 9.29. The second-order valence-corrected chi connectivity index (χ2v) is 12.0. The van der Waals surface area contributed by atoms with E-state index in [1.54, 1.807) is 0 Å². The van der Waals surface area contributed by atoms with Gasteiger partial charge in [0.1, 0.15) is 0 Å². The standard InChI is InChI=1S/C39H46N4O2/c1-3-39(4-2,38(44)45)23-24-40-35-19-11-13-31(29-35)21-22-34-18-12-20-36(41-34)30-42-25-27-43(28-26-42)37(32-14-7-5-8-15-32)33-16-9-6-10-17-33/h5-22,29,37,40H,3-4,23-28,30H2,1-2H3,(H,44,45). The molecule has 1 aliphatic heterocycles. The van der Waals surface area contributed by atoms with Gasteiger partial charge in [-0.3, -0.25) is 19.6 Å². The number of anilines is 1. The first kappa shape index (κ1) is 32.1. The van der Waals surface area contributed by atoms with Crippen LogP contribution in [0.3, 0.4) is 0 Å². The zero-order valence-electron chi connectivity index (χ0n) is 26.6. The van der Waals surface area contributed by atoms with Crippen LogP contribution < -0.4 is 5.32 Å². The molecule has 1 saturated heterocycles. The van der Waals surface area contributed by atoms with Crippen LogP contribution in [0.1, 0.15) is 67.2 Å². The minimum atomic E-state index is -0.706. The number of carboxylic acids is 1. The lowest BCUT2D eigenvalue weighted by Gasteiger charge is -2.39. The number of benzene rings is 3. The molecule has 3 aromatic carbocycles. The Morgan fingerprint density at radius 3 is 2.11 bits per heavy atom. The first-order chi connectivity index (χ1) is 22.0. The van der Waals surface area contributed by atoms with Crippen LogP contribution >= 0.6 is 0 Å². The smallest absolute Gasteiger partial charge is 0.309 e. The second kappa shape index (κ2) is 15.6. The van der Waals surface area contributed by atoms with Crippen molar-refractivity contribution in [1.29, 1.82) is 0 Å². The van der Waals surface area contributed by atoms with E-state index in [2.05, 4.69) is 112 Å². The number of aromatic nitrogens is 1. The van der Waals surface area contributed by atoms with E-state index in [1.807, 2.05) is 32.0 Å². The van der Waals surface area contributed by atoms with E-state index in [1.165, 1.54) is 11.1 Å². The highest BCUT2D eigenvalue weighted by Crippen LogP contribution is 2.31. The molecule has 0 spiro atoms. The number of nitrogens with zero attached hydrogens (tertiary/aromatic N) is 3. The van der Waals surface area contributed by atoms with Gasteiger partial charge in [0.2, 0.25) is 0 Å². The number of hydrogen-bond acceptors (Lipinski definition) is 5. The summed E-state index contributed by atoms with van der Waals surface area (Å²) in [5, 5.41) is 13.1. The second-order valence-electron chi connectivity index (χ2n) is 12.0. The van der Waals surface area contributed by atoms with Crippen molar-refractivity contribution in [3.8, 4) is 0 Å². The molecule has 45 heavy (non-hydrogen) atoms. The molecule has 0 bridgehead atoms. The predicted octanol–water partition coefficient (Wildman–Crippen LogP) is 7.85. The van der Waals surface area contributed by atoms with Gasteiger partial charge in [-0.05, 0) is 66.3 Å². The van der Waals surface area contributed by atoms with Gasteiger partial charge in [-0.15, -0.1) is 0 Å². The maximum atomic E-state index is 11.8. The normalized spacial score (nSPS) is 14.6. The van der Waals surface area contributed by atoms with Gasteiger partial charge < -0.3 is 10.4 Å². The molecular weight excluding hydrogens is 556 g/mol. The molecular formula is C39H46N4O2. The number of carbonyl (C=O) groups is 1. The molecule has 234 valence electrons. The van der Waals surface area contributed by atoms with Gasteiger partial charge in [0, 0.05) is 45.0 Å². The quantitative estimate of drug-likeness (QED) is 0.153. The van der Waals surface area contributed by atoms with Gasteiger partial charge in [0.05, 0.1) is 22.8 Å². The molecule has 2 N–H and O–H groups in total. The Bertz CT molecular complexity index is 1490. The van der Waals surface area contributed by atoms with Crippen molar-refractivity contribution >= 4 is 23.8 Å². The van der Waals surface area contributed by atoms with Crippen LogP contribution in [0.15, 0.2) is 103 Å². The van der Waals surface area contributed by atoms with E-state index in [-0.39, 0.29) is 6.04 Å². The van der Waals surface area contributed by atoms with Crippen LogP contribution in [0.4, 0.5) is 5.69 Å². The van der Waals surface area contributed by atoms with Crippen LogP contribution in [0.2, 0.25) is 0 Å². The molecule has 4 aromatic rings. The van der Waals surface area contributed by atoms with Gasteiger partial charge in [-0.2, -0.15) is 0 Å². The van der Waals surface area contributed by atoms with E-state index >= 15 is 0 Å². The summed E-state index contributed by atoms with van der Waals surface area (Å²) in [6.45, 7) is 9.39. The lowest BCUT2D eigenvalue weighted by molar-refractivity contribution is -0.149. The number of aliphatic carboxylic acids is 1. The Hall–Kier alpha value is -4.26. The number of nitrogens with one attached hydrogen (secondary N) is 1. The first-order valence-corrected chi connectivity index (χ1v) is 16.3. The zero-order chi connectivity index (χ0) is 31.5. The third-order valence-corrected chi connectivity index (χ3v) is 9.29. The number of rotatable bonds is 14. The van der Waals surface area contributed by atoms with E-state index in [9.17, 15) is 9.90 Å². The van der Waals surface area contributed by atoms with Crippen molar-refractivity contribution < 1.29 is 9.90 Å². The fourth-order valence-corrected chi connectivity index (χ4v) is 6.37. The van der Waals surface area contributed by atoms with Gasteiger partial charge in [0.25, 0.3) is 0 Å². The molecule has 1 aliphatic rings. The summed E-state index contributed by atoms with van der Waals surface area (Å²) in [5.41, 5.74) is 6.10. The number of carboxylic acid groups (broad SMARTS) is 1. The third kappa shape index (κ3) is 8.47. The molecule has 0 amide bonds. The Morgan fingerprint density at radius 1 is 0.844 bits per heavy atom. The van der Waals surface area contributed by atoms with Crippen LogP contribution in [0, 0.1) is 5.41 Å². The number of hydrogen-bond donors (Lipinski definition) is 2. The summed E-state index contributed by atoms with van der Waals surface area (Å²) in [6.07, 6.45) is 6.02. The van der Waals surface area contributed by atoms with Crippen molar-refractivity contribution in [1.82, 2.24) is 14.8 Å². The van der Waals surface area contributed by atoms with Crippen LogP contribution in [-0.2, 0) is 11.3 Å². The molecule has 5 rings (SSSR count). The summed E-state index contributed by atoms with van der Waals surface area (Å²) < 4.78 is 0. The summed E-state index contributed by atoms with van der Waals surface area (Å²) >= 11 is 0. The molecule has 0 unspecified atom stereocenters. The van der Waals surface area contributed by atoms with E-state index < -0.39 is 11.4 Å². The minimum absolute atomic E-state index is 0.265. The molecule has 0 saturated carbocycles. The molecule has 6 heteroatoms. The summed E-state index contributed by atoms with van der Waals surface area (Å²) in [7, 11) is 0. The molecule has 1 aromatic heterocycles. The molecule has 6 nitrogen and oxygen atoms in total. The highest BCUT2D eigenvalue weighted by atomic mass is 16.4. The lowest BCUT2D eigenvalue weighted by atomic mass is 9.79. The van der Waals surface area contributed by atoms with Gasteiger partial charge in [-0.1, -0.05) is 98.8 Å². The van der Waals surface area contributed by atoms with Crippen molar-refractivity contribution in [3.63, 3.8) is 0 Å². The maximum Gasteiger partial charge on any atom is 0.309 e. The van der Waals surface area contributed by atoms with E-state index in [0.717, 1.165) is 55.4 Å². The first-order valence-electron chi connectivity index (χ1n) is 16.3. The van der Waals surface area contributed by atoms with Gasteiger partial charge in [0.15, 0.2) is 0 Å². The van der Waals surface area contributed by atoms with Gasteiger partial charge >= 0.3 is 5.97 Å². The molecule has 0 aliphatic carbocycles. The maximum absolute atomic E-state index is 11.8. The van der Waals surface area contributed by atoms with Crippen molar-refractivity contribution in [2.45, 2.75) is 45.7 Å². The number of pyridine rings is 1. The largest absolute Gasteiger partial charge is 0.481 e. The monoisotopic (exact) mass is 602 g/mol. The zero-order valence-corrected chi connectivity index (χ0v) is 26.6. The van der Waals surface area contributed by atoms with Crippen molar-refractivity contribution in [3.05, 3.63) is 131 Å². The fraction of sp³-hybridized carbons (Fsp3) is 0.333. The van der Waals surface area contributed by atoms with E-state index in [4.69, 9.17) is 4.98 Å². The fourth-order valence-electron chi connectivity index (χ4n) is 6.37. The number of piperazine rings is 1.